The highest BCUT2D eigenvalue weighted by Gasteiger charge is 2.23. The fourth-order valence-corrected chi connectivity index (χ4v) is 3.81. The zero-order valence-corrected chi connectivity index (χ0v) is 18.4. The molecule has 0 aliphatic carbocycles. The Kier molecular flexibility index (Phi) is 7.07. The van der Waals surface area contributed by atoms with Gasteiger partial charge in [-0.15, -0.1) is 24.4 Å². The second-order valence-electron chi connectivity index (χ2n) is 6.83. The number of hydrogen-bond acceptors (Lipinski definition) is 5. The zero-order chi connectivity index (χ0) is 21.7. The van der Waals surface area contributed by atoms with E-state index in [1.165, 1.54) is 11.8 Å². The molecule has 4 rings (SSSR count). The number of benzene rings is 3. The number of fused-ring (bicyclic) bond motifs is 1. The standard InChI is InChI=1S/C17H16N2O2S2.C6H7N/c1-9-7-12(4-5-14(9)22)18-17(21)11-3-6-15-13(8-11)19-16(20)10(2)23-15;7-6-4-2-1-3-5-6/h3-8,10,22H,1-2H3,(H,18,21)(H,19,20);1-5H,7H2. The van der Waals surface area contributed by atoms with E-state index in [2.05, 4.69) is 23.3 Å². The predicted octanol–water partition coefficient (Wildman–Crippen LogP) is 5.24. The lowest BCUT2D eigenvalue weighted by atomic mass is 10.1. The minimum Gasteiger partial charge on any atom is -0.399 e. The van der Waals surface area contributed by atoms with Crippen LogP contribution >= 0.6 is 24.4 Å². The van der Waals surface area contributed by atoms with Crippen LogP contribution in [0.5, 0.6) is 0 Å². The monoisotopic (exact) mass is 437 g/mol. The highest BCUT2D eigenvalue weighted by Crippen LogP contribution is 2.36. The summed E-state index contributed by atoms with van der Waals surface area (Å²) >= 11 is 5.82. The van der Waals surface area contributed by atoms with Crippen molar-refractivity contribution in [3.63, 3.8) is 0 Å². The van der Waals surface area contributed by atoms with Gasteiger partial charge in [0.1, 0.15) is 0 Å². The molecule has 154 valence electrons. The van der Waals surface area contributed by atoms with Crippen LogP contribution in [0.3, 0.4) is 0 Å². The molecule has 0 saturated heterocycles. The summed E-state index contributed by atoms with van der Waals surface area (Å²) in [6.07, 6.45) is 0. The molecule has 0 bridgehead atoms. The Morgan fingerprint density at radius 1 is 1.10 bits per heavy atom. The van der Waals surface area contributed by atoms with E-state index in [0.29, 0.717) is 11.3 Å². The third-order valence-electron chi connectivity index (χ3n) is 4.43. The molecule has 0 saturated carbocycles. The van der Waals surface area contributed by atoms with Crippen LogP contribution in [-0.4, -0.2) is 17.1 Å². The Morgan fingerprint density at radius 3 is 2.47 bits per heavy atom. The van der Waals surface area contributed by atoms with Gasteiger partial charge in [0.15, 0.2) is 0 Å². The summed E-state index contributed by atoms with van der Waals surface area (Å²) in [5, 5.41) is 5.58. The van der Waals surface area contributed by atoms with E-state index < -0.39 is 0 Å². The number of rotatable bonds is 2. The number of carbonyl (C=O) groups is 2. The van der Waals surface area contributed by atoms with Crippen molar-refractivity contribution in [3.8, 4) is 0 Å². The number of aryl methyl sites for hydroxylation is 1. The fourth-order valence-electron chi connectivity index (χ4n) is 2.74. The summed E-state index contributed by atoms with van der Waals surface area (Å²) in [5.74, 6) is -0.253. The number of nitrogens with two attached hydrogens (primary N) is 1. The number of hydrogen-bond donors (Lipinski definition) is 4. The van der Waals surface area contributed by atoms with E-state index >= 15 is 0 Å². The highest BCUT2D eigenvalue weighted by atomic mass is 32.2. The molecule has 3 aromatic carbocycles. The topological polar surface area (TPSA) is 84.2 Å². The van der Waals surface area contributed by atoms with Gasteiger partial charge in [-0.25, -0.2) is 0 Å². The zero-order valence-electron chi connectivity index (χ0n) is 16.7. The lowest BCUT2D eigenvalue weighted by molar-refractivity contribution is -0.115. The summed E-state index contributed by atoms with van der Waals surface area (Å²) in [6, 6.07) is 20.4. The van der Waals surface area contributed by atoms with Crippen molar-refractivity contribution >= 4 is 53.3 Å². The molecule has 4 N–H and O–H groups in total. The third-order valence-corrected chi connectivity index (χ3v) is 6.11. The molecule has 0 fully saturated rings. The summed E-state index contributed by atoms with van der Waals surface area (Å²) < 4.78 is 0. The Hall–Kier alpha value is -2.90. The summed E-state index contributed by atoms with van der Waals surface area (Å²) in [4.78, 5) is 26.0. The molecule has 2 amide bonds. The van der Waals surface area contributed by atoms with E-state index in [0.717, 1.165) is 26.7 Å². The van der Waals surface area contributed by atoms with Crippen molar-refractivity contribution < 1.29 is 9.59 Å². The molecule has 1 unspecified atom stereocenters. The first-order valence-electron chi connectivity index (χ1n) is 9.36. The molecule has 0 spiro atoms. The van der Waals surface area contributed by atoms with Crippen molar-refractivity contribution in [2.24, 2.45) is 0 Å². The van der Waals surface area contributed by atoms with Crippen LogP contribution in [0, 0.1) is 6.92 Å². The fraction of sp³-hybridized carbons (Fsp3) is 0.130. The number of para-hydroxylation sites is 1. The number of amides is 2. The number of thioether (sulfide) groups is 1. The Morgan fingerprint density at radius 2 is 1.83 bits per heavy atom. The van der Waals surface area contributed by atoms with Crippen LogP contribution < -0.4 is 16.4 Å². The molecular formula is C23H23N3O2S2. The molecule has 30 heavy (non-hydrogen) atoms. The molecule has 5 nitrogen and oxygen atoms in total. The van der Waals surface area contributed by atoms with E-state index in [-0.39, 0.29) is 17.1 Å². The van der Waals surface area contributed by atoms with Crippen LogP contribution in [-0.2, 0) is 4.79 Å². The molecule has 0 aromatic heterocycles. The van der Waals surface area contributed by atoms with Crippen LogP contribution in [0.2, 0.25) is 0 Å². The Labute approximate surface area is 185 Å². The quantitative estimate of drug-likeness (QED) is 0.326. The van der Waals surface area contributed by atoms with Gasteiger partial charge in [-0.3, -0.25) is 9.59 Å². The van der Waals surface area contributed by atoms with Gasteiger partial charge in [-0.1, -0.05) is 18.2 Å². The third kappa shape index (κ3) is 5.58. The van der Waals surface area contributed by atoms with Gasteiger partial charge in [0.25, 0.3) is 5.91 Å². The van der Waals surface area contributed by atoms with Gasteiger partial charge in [0.05, 0.1) is 10.9 Å². The van der Waals surface area contributed by atoms with Crippen molar-refractivity contribution in [2.45, 2.75) is 28.9 Å². The maximum absolute atomic E-state index is 12.4. The van der Waals surface area contributed by atoms with Gasteiger partial charge in [0, 0.05) is 26.7 Å². The van der Waals surface area contributed by atoms with Gasteiger partial charge >= 0.3 is 0 Å². The lowest BCUT2D eigenvalue weighted by Crippen LogP contribution is -2.26. The number of anilines is 3. The minimum absolute atomic E-state index is 0.0416. The SMILES string of the molecule is Cc1cc(NC(=O)c2ccc3c(c2)NC(=O)C(C)S3)ccc1S.Nc1ccccc1. The normalized spacial score (nSPS) is 14.6. The van der Waals surface area contributed by atoms with Gasteiger partial charge in [-0.05, 0) is 67.9 Å². The molecule has 3 aromatic rings. The van der Waals surface area contributed by atoms with Crippen LogP contribution in [0.15, 0.2) is 76.5 Å². The molecule has 7 heteroatoms. The first-order chi connectivity index (χ1) is 14.3. The number of nitrogen functional groups attached to an aromatic ring is 1. The summed E-state index contributed by atoms with van der Waals surface area (Å²) in [5.41, 5.74) is 9.09. The highest BCUT2D eigenvalue weighted by molar-refractivity contribution is 8.00. The van der Waals surface area contributed by atoms with E-state index in [4.69, 9.17) is 5.73 Å². The second kappa shape index (κ2) is 9.73. The van der Waals surface area contributed by atoms with Crippen LogP contribution in [0.4, 0.5) is 17.1 Å². The van der Waals surface area contributed by atoms with Crippen molar-refractivity contribution in [1.29, 1.82) is 0 Å². The number of carbonyl (C=O) groups excluding carboxylic acids is 2. The molecular weight excluding hydrogens is 414 g/mol. The molecule has 0 radical (unpaired) electrons. The average molecular weight is 438 g/mol. The van der Waals surface area contributed by atoms with Gasteiger partial charge in [-0.2, -0.15) is 0 Å². The predicted molar refractivity (Wildman–Crippen MR) is 128 cm³/mol. The number of nitrogens with one attached hydrogen (secondary N) is 2. The minimum atomic E-state index is -0.211. The Bertz CT molecular complexity index is 1070. The van der Waals surface area contributed by atoms with Gasteiger partial charge < -0.3 is 16.4 Å². The summed E-state index contributed by atoms with van der Waals surface area (Å²) in [6.45, 7) is 3.79. The Balaban J connectivity index is 0.000000310. The lowest BCUT2D eigenvalue weighted by Gasteiger charge is -2.21. The maximum atomic E-state index is 12.4. The van der Waals surface area contributed by atoms with E-state index in [9.17, 15) is 9.59 Å². The number of thiol groups is 1. The van der Waals surface area contributed by atoms with E-state index in [1.54, 1.807) is 12.1 Å². The largest absolute Gasteiger partial charge is 0.399 e. The van der Waals surface area contributed by atoms with Crippen molar-refractivity contribution in [3.05, 3.63) is 77.9 Å². The van der Waals surface area contributed by atoms with E-state index in [1.807, 2.05) is 68.4 Å². The van der Waals surface area contributed by atoms with Crippen molar-refractivity contribution in [2.75, 3.05) is 16.4 Å². The molecule has 1 atom stereocenters. The molecule has 1 aliphatic rings. The second-order valence-corrected chi connectivity index (χ2v) is 8.69. The van der Waals surface area contributed by atoms with Gasteiger partial charge in [0.2, 0.25) is 5.91 Å². The smallest absolute Gasteiger partial charge is 0.255 e. The molecule has 1 aliphatic heterocycles. The first-order valence-corrected chi connectivity index (χ1v) is 10.7. The maximum Gasteiger partial charge on any atom is 0.255 e. The molecule has 1 heterocycles. The van der Waals surface area contributed by atoms with Crippen LogP contribution in [0.1, 0.15) is 22.8 Å². The average Bonchev–Trinajstić information content (AvgIpc) is 2.72. The summed E-state index contributed by atoms with van der Waals surface area (Å²) in [7, 11) is 0. The first kappa shape index (κ1) is 21.8. The van der Waals surface area contributed by atoms with Crippen LogP contribution in [0.25, 0.3) is 0 Å². The van der Waals surface area contributed by atoms with Crippen molar-refractivity contribution in [1.82, 2.24) is 0 Å².